The van der Waals surface area contributed by atoms with Gasteiger partial charge in [-0.1, -0.05) is 72.8 Å². The number of aromatic nitrogens is 2. The van der Waals surface area contributed by atoms with Crippen molar-refractivity contribution in [1.82, 2.24) is 9.47 Å². The van der Waals surface area contributed by atoms with Crippen molar-refractivity contribution in [3.8, 4) is 6.07 Å². The van der Waals surface area contributed by atoms with Crippen molar-refractivity contribution in [2.75, 3.05) is 13.2 Å². The predicted octanol–water partition coefficient (Wildman–Crippen LogP) is 7.82. The molecule has 0 spiro atoms. The number of benzene rings is 3. The van der Waals surface area contributed by atoms with Gasteiger partial charge in [0.2, 0.25) is 0 Å². The predicted molar refractivity (Wildman–Crippen MR) is 213 cm³/mol. The quantitative estimate of drug-likeness (QED) is 0.0684. The van der Waals surface area contributed by atoms with Gasteiger partial charge in [-0.05, 0) is 92.8 Å². The number of fused-ring (bicyclic) bond motifs is 2. The number of ether oxygens (including phenoxy) is 1. The summed E-state index contributed by atoms with van der Waals surface area (Å²) in [6, 6.07) is 29.0. The molecule has 2 aliphatic rings. The minimum Gasteiger partial charge on any atom is -0.494 e. The third-order valence-corrected chi connectivity index (χ3v) is 10.8. The number of aliphatic carboxylic acids is 2. The van der Waals surface area contributed by atoms with Crippen LogP contribution >= 0.6 is 0 Å². The van der Waals surface area contributed by atoms with Gasteiger partial charge in [0.15, 0.2) is 11.0 Å². The van der Waals surface area contributed by atoms with Gasteiger partial charge in [0.1, 0.15) is 12.3 Å². The number of hydrogen-bond donors (Lipinski definition) is 2. The van der Waals surface area contributed by atoms with Gasteiger partial charge in [-0.3, -0.25) is 9.59 Å². The number of nitriles is 1. The Labute approximate surface area is 323 Å². The van der Waals surface area contributed by atoms with Crippen LogP contribution in [0.3, 0.4) is 0 Å². The van der Waals surface area contributed by atoms with Crippen LogP contribution in [0.1, 0.15) is 49.2 Å². The van der Waals surface area contributed by atoms with E-state index < -0.39 is 17.4 Å². The van der Waals surface area contributed by atoms with E-state index in [1.165, 1.54) is 11.1 Å². The molecule has 4 aromatic rings. The van der Waals surface area contributed by atoms with E-state index in [0.717, 1.165) is 33.9 Å². The van der Waals surface area contributed by atoms with E-state index in [9.17, 15) is 25.1 Å². The summed E-state index contributed by atoms with van der Waals surface area (Å²) in [6.07, 6.45) is 15.2. The molecule has 3 aromatic carbocycles. The summed E-state index contributed by atoms with van der Waals surface area (Å²) in [5, 5.41) is 30.0. The van der Waals surface area contributed by atoms with Crippen LogP contribution in [0, 0.1) is 29.6 Å². The molecule has 3 unspecified atom stereocenters. The van der Waals surface area contributed by atoms with Crippen molar-refractivity contribution in [2.45, 2.75) is 65.6 Å². The Morgan fingerprint density at radius 3 is 2.40 bits per heavy atom. The van der Waals surface area contributed by atoms with Crippen LogP contribution in [-0.4, -0.2) is 50.8 Å². The van der Waals surface area contributed by atoms with Gasteiger partial charge < -0.3 is 19.8 Å². The van der Waals surface area contributed by atoms with Crippen LogP contribution < -0.4 is 4.57 Å². The summed E-state index contributed by atoms with van der Waals surface area (Å²) in [6.45, 7) is 7.90. The second-order valence-corrected chi connectivity index (χ2v) is 14.1. The molecular formula is C46H49N4O5+. The van der Waals surface area contributed by atoms with Gasteiger partial charge in [-0.15, -0.1) is 0 Å². The smallest absolute Gasteiger partial charge is 0.307 e. The zero-order valence-electron chi connectivity index (χ0n) is 31.8. The van der Waals surface area contributed by atoms with E-state index in [4.69, 9.17) is 4.74 Å². The summed E-state index contributed by atoms with van der Waals surface area (Å²) >= 11 is 0. The number of para-hydroxylation sites is 2. The number of carbonyl (C=O) groups is 2. The number of rotatable bonds is 16. The zero-order chi connectivity index (χ0) is 39.0. The molecule has 1 aliphatic heterocycles. The van der Waals surface area contributed by atoms with Gasteiger partial charge in [0.05, 0.1) is 43.7 Å². The number of allylic oxidation sites excluding steroid dienone is 6. The first kappa shape index (κ1) is 38.6. The standard InChI is InChI=1S/C46H48N4O5/c1-4-48-40-17-11-12-18-41(40)50(28-26-45(53)54)43(48)24-20-35(32-47)19-23-42-46(30-34-14-7-6-8-15-34,31-36-16-10-9-13-33(36)3)38-29-37(55-5-2)21-22-39(38)49(42)27-25-44(51)52/h6-24,29,38-39H,4-5,25-28,30-31H2,1-3H3,(H-,51,52,53,54)/p+1. The van der Waals surface area contributed by atoms with Gasteiger partial charge in [0.25, 0.3) is 5.82 Å². The Balaban J connectivity index is 1.54. The fourth-order valence-electron chi connectivity index (χ4n) is 8.37. The van der Waals surface area contributed by atoms with E-state index in [1.54, 1.807) is 6.08 Å². The minimum absolute atomic E-state index is 0.0386. The maximum Gasteiger partial charge on any atom is 0.307 e. The molecule has 55 heavy (non-hydrogen) atoms. The van der Waals surface area contributed by atoms with Crippen LogP contribution in [0.25, 0.3) is 17.1 Å². The SMILES string of the molecule is CCOC1=CC2C(C=C1)N(CCC(=O)O)C(=CC=C(C#N)C=Cc1n(CC)c3ccccc3[n+]1CCC(=O)O)C2(Cc1ccccc1)Cc1ccccc1C. The Morgan fingerprint density at radius 2 is 1.69 bits per heavy atom. The number of carboxylic acid groups (broad SMARTS) is 2. The van der Waals surface area contributed by atoms with Gasteiger partial charge in [0, 0.05) is 29.7 Å². The molecule has 0 radical (unpaired) electrons. The Bertz CT molecular complexity index is 2240. The van der Waals surface area contributed by atoms with Crippen LogP contribution in [0.5, 0.6) is 0 Å². The molecule has 2 heterocycles. The molecule has 6 rings (SSSR count). The molecule has 0 saturated carbocycles. The summed E-state index contributed by atoms with van der Waals surface area (Å²) in [5.41, 5.74) is 6.27. The first-order valence-corrected chi connectivity index (χ1v) is 19.0. The maximum absolute atomic E-state index is 12.1. The molecule has 1 aromatic heterocycles. The number of aryl methyl sites for hydroxylation is 3. The Morgan fingerprint density at radius 1 is 0.964 bits per heavy atom. The average Bonchev–Trinajstić information content (AvgIpc) is 3.62. The highest BCUT2D eigenvalue weighted by atomic mass is 16.5. The molecule has 3 atom stereocenters. The Kier molecular flexibility index (Phi) is 12.2. The van der Waals surface area contributed by atoms with Crippen LogP contribution in [-0.2, 0) is 40.3 Å². The van der Waals surface area contributed by atoms with Gasteiger partial charge in [-0.2, -0.15) is 5.26 Å². The van der Waals surface area contributed by atoms with Crippen molar-refractivity contribution in [1.29, 1.82) is 5.26 Å². The average molecular weight is 738 g/mol. The third kappa shape index (κ3) is 8.34. The molecule has 1 fully saturated rings. The number of likely N-dealkylation sites (tertiary alicyclic amines) is 1. The number of imidazole rings is 1. The molecule has 0 bridgehead atoms. The Hall–Kier alpha value is -6.14. The maximum atomic E-state index is 12.1. The second kappa shape index (κ2) is 17.3. The fourth-order valence-corrected chi connectivity index (χ4v) is 8.37. The lowest BCUT2D eigenvalue weighted by molar-refractivity contribution is -0.673. The normalized spacial score (nSPS) is 20.2. The summed E-state index contributed by atoms with van der Waals surface area (Å²) < 4.78 is 10.2. The zero-order valence-corrected chi connectivity index (χ0v) is 31.8. The summed E-state index contributed by atoms with van der Waals surface area (Å²) in [4.78, 5) is 26.0. The van der Waals surface area contributed by atoms with Crippen LogP contribution in [0.15, 0.2) is 132 Å². The van der Waals surface area contributed by atoms with Crippen molar-refractivity contribution in [3.63, 3.8) is 0 Å². The number of nitrogens with zero attached hydrogens (tertiary/aromatic N) is 4. The molecule has 0 amide bonds. The number of hydrogen-bond acceptors (Lipinski definition) is 5. The first-order chi connectivity index (χ1) is 26.7. The van der Waals surface area contributed by atoms with E-state index in [-0.39, 0.29) is 31.3 Å². The highest BCUT2D eigenvalue weighted by Gasteiger charge is 2.55. The largest absolute Gasteiger partial charge is 0.494 e. The molecule has 282 valence electrons. The molecule has 9 heteroatoms. The van der Waals surface area contributed by atoms with Gasteiger partial charge >= 0.3 is 11.9 Å². The van der Waals surface area contributed by atoms with Crippen molar-refractivity contribution in [3.05, 3.63) is 155 Å². The lowest BCUT2D eigenvalue weighted by atomic mass is 9.65. The van der Waals surface area contributed by atoms with Gasteiger partial charge in [-0.25, -0.2) is 9.13 Å². The lowest BCUT2D eigenvalue weighted by Gasteiger charge is -2.37. The monoisotopic (exact) mass is 737 g/mol. The third-order valence-electron chi connectivity index (χ3n) is 10.8. The second-order valence-electron chi connectivity index (χ2n) is 14.1. The summed E-state index contributed by atoms with van der Waals surface area (Å²) in [5.74, 6) is -0.233. The highest BCUT2D eigenvalue weighted by molar-refractivity contribution is 5.74. The van der Waals surface area contributed by atoms with E-state index >= 15 is 0 Å². The van der Waals surface area contributed by atoms with E-state index in [2.05, 4.69) is 64.9 Å². The molecule has 2 N–H and O–H groups in total. The first-order valence-electron chi connectivity index (χ1n) is 19.0. The lowest BCUT2D eigenvalue weighted by Crippen LogP contribution is -2.37. The minimum atomic E-state index is -0.882. The summed E-state index contributed by atoms with van der Waals surface area (Å²) in [7, 11) is 0. The van der Waals surface area contributed by atoms with Crippen molar-refractivity contribution < 1.29 is 29.1 Å². The van der Waals surface area contributed by atoms with Crippen LogP contribution in [0.4, 0.5) is 0 Å². The molecule has 1 aliphatic carbocycles. The fraction of sp³-hybridized carbons (Fsp3) is 0.304. The molecular weight excluding hydrogens is 689 g/mol. The molecule has 9 nitrogen and oxygen atoms in total. The van der Waals surface area contributed by atoms with Crippen molar-refractivity contribution >= 4 is 29.0 Å². The number of carboxylic acids is 2. The molecule has 1 saturated heterocycles. The van der Waals surface area contributed by atoms with E-state index in [0.29, 0.717) is 38.1 Å². The van der Waals surface area contributed by atoms with Crippen molar-refractivity contribution in [2.24, 2.45) is 11.3 Å². The topological polar surface area (TPSA) is 120 Å². The van der Waals surface area contributed by atoms with E-state index in [1.807, 2.05) is 91.2 Å². The highest BCUT2D eigenvalue weighted by Crippen LogP contribution is 2.55. The van der Waals surface area contributed by atoms with Crippen LogP contribution in [0.2, 0.25) is 0 Å².